The molecule has 2 aromatic carbocycles. The predicted molar refractivity (Wildman–Crippen MR) is 92.6 cm³/mol. The summed E-state index contributed by atoms with van der Waals surface area (Å²) in [5.41, 5.74) is -2.03. The van der Waals surface area contributed by atoms with Crippen LogP contribution >= 0.6 is 0 Å². The van der Waals surface area contributed by atoms with Crippen LogP contribution in [0.4, 0.5) is 43.9 Å². The van der Waals surface area contributed by atoms with Gasteiger partial charge in [-0.2, -0.15) is 52.3 Å². The van der Waals surface area contributed by atoms with Crippen LogP contribution in [0.25, 0.3) is 0 Å². The number of hydrogen-bond donors (Lipinski definition) is 0. The van der Waals surface area contributed by atoms with Gasteiger partial charge in [0.15, 0.2) is 0 Å². The molecule has 0 spiro atoms. The van der Waals surface area contributed by atoms with Gasteiger partial charge < -0.3 is 4.74 Å². The molecule has 0 radical (unpaired) electrons. The average molecular weight is 514 g/mol. The molecule has 0 saturated heterocycles. The Bertz CT molecular complexity index is 1090. The van der Waals surface area contributed by atoms with Gasteiger partial charge in [-0.3, -0.25) is 0 Å². The van der Waals surface area contributed by atoms with Gasteiger partial charge in [-0.15, -0.1) is 0 Å². The molecule has 15 heteroatoms. The second-order valence-corrected chi connectivity index (χ2v) is 8.09. The second-order valence-electron chi connectivity index (χ2n) is 6.51. The Kier molecular flexibility index (Phi) is 6.75. The van der Waals surface area contributed by atoms with Crippen molar-refractivity contribution in [3.63, 3.8) is 0 Å². The lowest BCUT2D eigenvalue weighted by molar-refractivity contribution is -0.436. The van der Waals surface area contributed by atoms with Gasteiger partial charge in [0.2, 0.25) is 0 Å². The Labute approximate surface area is 179 Å². The second kappa shape index (κ2) is 8.34. The highest BCUT2D eigenvalue weighted by Gasteiger charge is 2.88. The molecule has 0 heterocycles. The van der Waals surface area contributed by atoms with Crippen LogP contribution in [-0.4, -0.2) is 38.5 Å². The van der Waals surface area contributed by atoms with Gasteiger partial charge in [0.05, 0.1) is 11.8 Å². The third-order valence-corrected chi connectivity index (χ3v) is 4.55. The minimum Gasteiger partial charge on any atom is -0.457 e. The van der Waals surface area contributed by atoms with Crippen LogP contribution in [0.3, 0.4) is 0 Å². The van der Waals surface area contributed by atoms with Gasteiger partial charge in [0, 0.05) is 0 Å². The van der Waals surface area contributed by atoms with Crippen molar-refractivity contribution in [1.82, 2.24) is 0 Å². The van der Waals surface area contributed by atoms with E-state index in [1.54, 1.807) is 0 Å². The first-order valence-electron chi connectivity index (χ1n) is 8.40. The molecule has 0 amide bonds. The summed E-state index contributed by atoms with van der Waals surface area (Å²) < 4.78 is 169. The van der Waals surface area contributed by atoms with Crippen LogP contribution in [0, 0.1) is 0 Å². The molecule has 0 saturated carbocycles. The quantitative estimate of drug-likeness (QED) is 0.318. The molecule has 0 aliphatic rings. The first-order chi connectivity index (χ1) is 14.8. The summed E-state index contributed by atoms with van der Waals surface area (Å²) in [6.07, 6.45) is -7.64. The summed E-state index contributed by atoms with van der Waals surface area (Å²) in [6.45, 7) is 0. The molecule has 1 atom stereocenters. The largest absolute Gasteiger partial charge is 0.459 e. The van der Waals surface area contributed by atoms with Gasteiger partial charge in [-0.05, 0) is 24.3 Å². The molecule has 33 heavy (non-hydrogen) atoms. The maximum Gasteiger partial charge on any atom is 0.459 e. The van der Waals surface area contributed by atoms with Gasteiger partial charge in [-0.1, -0.05) is 30.3 Å². The average Bonchev–Trinajstić information content (AvgIpc) is 2.66. The van der Waals surface area contributed by atoms with Gasteiger partial charge in [0.25, 0.3) is 10.1 Å². The van der Waals surface area contributed by atoms with Crippen molar-refractivity contribution in [2.75, 3.05) is 6.26 Å². The first-order valence-corrected chi connectivity index (χ1v) is 10.2. The number of alkyl halides is 10. The molecular formula is C18H12F10O4S. The molecule has 0 bridgehead atoms. The summed E-state index contributed by atoms with van der Waals surface area (Å²) in [5, 5.41) is 0. The van der Waals surface area contributed by atoms with E-state index in [4.69, 9.17) is 4.74 Å². The maximum atomic E-state index is 14.8. The summed E-state index contributed by atoms with van der Waals surface area (Å²) in [4.78, 5) is 0. The lowest BCUT2D eigenvalue weighted by atomic mass is 9.91. The molecule has 2 rings (SSSR count). The van der Waals surface area contributed by atoms with E-state index in [1.165, 1.54) is 18.2 Å². The Balaban J connectivity index is 2.73. The van der Waals surface area contributed by atoms with Crippen molar-refractivity contribution in [2.45, 2.75) is 29.8 Å². The normalized spacial score (nSPS) is 15.7. The molecular weight excluding hydrogens is 502 g/mol. The fourth-order valence-electron chi connectivity index (χ4n) is 2.49. The molecule has 0 aliphatic carbocycles. The molecule has 4 nitrogen and oxygen atoms in total. The van der Waals surface area contributed by atoms with Crippen LogP contribution in [0.15, 0.2) is 54.6 Å². The van der Waals surface area contributed by atoms with Crippen LogP contribution in [0.1, 0.15) is 5.56 Å². The van der Waals surface area contributed by atoms with E-state index in [9.17, 15) is 52.3 Å². The van der Waals surface area contributed by atoms with Crippen molar-refractivity contribution in [3.05, 3.63) is 60.2 Å². The maximum absolute atomic E-state index is 14.8. The Morgan fingerprint density at radius 3 is 1.67 bits per heavy atom. The van der Waals surface area contributed by atoms with Crippen molar-refractivity contribution < 1.29 is 61.2 Å². The zero-order valence-corrected chi connectivity index (χ0v) is 16.8. The number of para-hydroxylation sites is 2. The minimum absolute atomic E-state index is 0.138. The van der Waals surface area contributed by atoms with E-state index in [1.807, 2.05) is 0 Å². The third-order valence-electron chi connectivity index (χ3n) is 4.02. The van der Waals surface area contributed by atoms with Crippen molar-refractivity contribution in [3.8, 4) is 11.5 Å². The molecule has 2 aromatic rings. The van der Waals surface area contributed by atoms with E-state index in [-0.39, 0.29) is 18.1 Å². The van der Waals surface area contributed by atoms with Crippen molar-refractivity contribution in [2.24, 2.45) is 0 Å². The standard InChI is InChI=1S/C18H12F10O4S/c1-33(29,30)32-17(25,16(23,24)18(26,27)28)15(21,22)14(19,20)12-9-5-6-10-13(12)31-11-7-3-2-4-8-11/h2-10H,1H3. The molecule has 0 aromatic heterocycles. The van der Waals surface area contributed by atoms with Gasteiger partial charge in [0.1, 0.15) is 11.5 Å². The number of rotatable bonds is 8. The predicted octanol–water partition coefficient (Wildman–Crippen LogP) is 6.05. The summed E-state index contributed by atoms with van der Waals surface area (Å²) in [7, 11) is -5.91. The minimum atomic E-state index is -7.41. The monoisotopic (exact) mass is 514 g/mol. The number of benzene rings is 2. The van der Waals surface area contributed by atoms with Crippen molar-refractivity contribution >= 4 is 10.1 Å². The van der Waals surface area contributed by atoms with Gasteiger partial charge >= 0.3 is 29.8 Å². The van der Waals surface area contributed by atoms with E-state index >= 15 is 0 Å². The smallest absolute Gasteiger partial charge is 0.457 e. The Morgan fingerprint density at radius 2 is 1.18 bits per heavy atom. The summed E-state index contributed by atoms with van der Waals surface area (Å²) in [5.74, 6) is -29.3. The number of halogens is 10. The highest BCUT2D eigenvalue weighted by Crippen LogP contribution is 2.61. The zero-order chi connectivity index (χ0) is 25.5. The van der Waals surface area contributed by atoms with Crippen LogP contribution in [0.2, 0.25) is 0 Å². The highest BCUT2D eigenvalue weighted by molar-refractivity contribution is 7.86. The molecule has 1 unspecified atom stereocenters. The Morgan fingerprint density at radius 1 is 0.697 bits per heavy atom. The zero-order valence-electron chi connectivity index (χ0n) is 16.0. The van der Waals surface area contributed by atoms with Crippen LogP contribution in [0.5, 0.6) is 11.5 Å². The lowest BCUT2D eigenvalue weighted by Crippen LogP contribution is -2.69. The summed E-state index contributed by atoms with van der Waals surface area (Å²) >= 11 is 0. The van der Waals surface area contributed by atoms with E-state index in [2.05, 4.69) is 4.18 Å². The number of ether oxygens (including phenoxy) is 1. The molecule has 0 fully saturated rings. The Hall–Kier alpha value is -2.55. The van der Waals surface area contributed by atoms with E-state index < -0.39 is 51.2 Å². The fraction of sp³-hybridized carbons (Fsp3) is 0.333. The van der Waals surface area contributed by atoms with Crippen LogP contribution < -0.4 is 4.74 Å². The molecule has 184 valence electrons. The SMILES string of the molecule is CS(=O)(=O)OC(F)(C(F)(F)C(F)(F)F)C(F)(F)C(F)(F)c1ccccc1Oc1ccccc1. The van der Waals surface area contributed by atoms with Crippen molar-refractivity contribution in [1.29, 1.82) is 0 Å². The third kappa shape index (κ3) is 4.74. The van der Waals surface area contributed by atoms with E-state index in [0.29, 0.717) is 12.1 Å². The fourth-order valence-corrected chi connectivity index (χ4v) is 3.12. The number of hydrogen-bond acceptors (Lipinski definition) is 4. The topological polar surface area (TPSA) is 52.6 Å². The first kappa shape index (κ1) is 26.7. The lowest BCUT2D eigenvalue weighted by Gasteiger charge is -2.41. The van der Waals surface area contributed by atoms with Crippen LogP contribution in [-0.2, 0) is 20.2 Å². The van der Waals surface area contributed by atoms with E-state index in [0.717, 1.165) is 18.2 Å². The highest BCUT2D eigenvalue weighted by atomic mass is 32.2. The molecule has 0 aliphatic heterocycles. The summed E-state index contributed by atoms with van der Waals surface area (Å²) in [6, 6.07) is 8.74. The van der Waals surface area contributed by atoms with Gasteiger partial charge in [-0.25, -0.2) is 4.18 Å². The molecule has 0 N–H and O–H groups in total.